The van der Waals surface area contributed by atoms with E-state index >= 15 is 0 Å². The van der Waals surface area contributed by atoms with Crippen molar-refractivity contribution in [3.63, 3.8) is 0 Å². The lowest BCUT2D eigenvalue weighted by Crippen LogP contribution is -2.19. The van der Waals surface area contributed by atoms with E-state index in [1.54, 1.807) is 0 Å². The van der Waals surface area contributed by atoms with Crippen LogP contribution in [0.2, 0.25) is 6.32 Å². The minimum atomic E-state index is 0.199. The van der Waals surface area contributed by atoms with Crippen molar-refractivity contribution in [3.05, 3.63) is 60.7 Å². The molecule has 0 bridgehead atoms. The van der Waals surface area contributed by atoms with Gasteiger partial charge in [0.2, 0.25) is 0 Å². The Morgan fingerprint density at radius 3 is 1.63 bits per heavy atom. The van der Waals surface area contributed by atoms with Crippen LogP contribution in [0, 0.1) is 0 Å². The number of hydrogen-bond acceptors (Lipinski definition) is 2. The van der Waals surface area contributed by atoms with Crippen LogP contribution in [0.15, 0.2) is 60.7 Å². The first kappa shape index (κ1) is 15.5. The van der Waals surface area contributed by atoms with Crippen molar-refractivity contribution in [1.82, 2.24) is 0 Å². The largest absolute Gasteiger partial charge is 0.454 e. The molecule has 1 unspecified atom stereocenters. The van der Waals surface area contributed by atoms with Crippen molar-refractivity contribution in [2.45, 2.75) is 25.7 Å². The molecule has 2 rings (SSSR count). The number of hydrogen-bond donors (Lipinski definition) is 2. The third-order valence-corrected chi connectivity index (χ3v) is 2.91. The molecule has 0 radical (unpaired) electrons. The highest BCUT2D eigenvalue weighted by molar-refractivity contribution is 6.25. The maximum atomic E-state index is 8.29. The molecule has 3 N–H and O–H groups in total. The Morgan fingerprint density at radius 1 is 0.947 bits per heavy atom. The normalized spacial score (nSPS) is 11.1. The average Bonchev–Trinajstić information content (AvgIpc) is 2.50. The summed E-state index contributed by atoms with van der Waals surface area (Å²) < 4.78 is 0. The topological polar surface area (TPSA) is 46.2 Å². The van der Waals surface area contributed by atoms with Crippen LogP contribution in [0.1, 0.15) is 13.3 Å². The molecule has 0 saturated carbocycles. The summed E-state index contributed by atoms with van der Waals surface area (Å²) in [4.78, 5) is 0. The van der Waals surface area contributed by atoms with E-state index in [2.05, 4.69) is 48.5 Å². The lowest BCUT2D eigenvalue weighted by atomic mass is 9.89. The Labute approximate surface area is 116 Å². The van der Waals surface area contributed by atoms with Crippen LogP contribution in [0.5, 0.6) is 0 Å². The third kappa shape index (κ3) is 6.23. The molecule has 100 valence electrons. The van der Waals surface area contributed by atoms with E-state index in [-0.39, 0.29) is 13.5 Å². The highest BCUT2D eigenvalue weighted by Gasteiger charge is 1.95. The first-order chi connectivity index (χ1) is 9.27. The van der Waals surface area contributed by atoms with E-state index in [0.717, 1.165) is 12.7 Å². The van der Waals surface area contributed by atoms with Gasteiger partial charge in [-0.15, -0.1) is 0 Å². The fourth-order valence-corrected chi connectivity index (χ4v) is 1.63. The number of nitrogens with two attached hydrogens (primary N) is 1. The SMILES string of the molecule is CCC(N)CBO.c1ccc(-c2ccccc2)cc1. The fraction of sp³-hybridized carbons (Fsp3) is 0.250. The Kier molecular flexibility index (Phi) is 7.63. The molecule has 0 saturated heterocycles. The Morgan fingerprint density at radius 2 is 1.37 bits per heavy atom. The molecule has 0 aliphatic heterocycles. The molecule has 0 aliphatic carbocycles. The van der Waals surface area contributed by atoms with Gasteiger partial charge in [-0.2, -0.15) is 0 Å². The zero-order valence-electron chi connectivity index (χ0n) is 11.5. The fourth-order valence-electron chi connectivity index (χ4n) is 1.63. The molecule has 0 aliphatic rings. The summed E-state index contributed by atoms with van der Waals surface area (Å²) in [5.41, 5.74) is 7.98. The smallest absolute Gasteiger partial charge is 0.272 e. The molecule has 0 amide bonds. The van der Waals surface area contributed by atoms with E-state index in [4.69, 9.17) is 10.8 Å². The van der Waals surface area contributed by atoms with Gasteiger partial charge in [-0.25, -0.2) is 0 Å². The quantitative estimate of drug-likeness (QED) is 0.825. The lowest BCUT2D eigenvalue weighted by Gasteiger charge is -2.01. The summed E-state index contributed by atoms with van der Waals surface area (Å²) in [5, 5.41) is 8.29. The monoisotopic (exact) mass is 255 g/mol. The number of benzene rings is 2. The Bertz CT molecular complexity index is 396. The van der Waals surface area contributed by atoms with E-state index in [1.807, 2.05) is 19.1 Å². The molecule has 0 heterocycles. The predicted molar refractivity (Wildman–Crippen MR) is 84.3 cm³/mol. The van der Waals surface area contributed by atoms with Crippen molar-refractivity contribution in [1.29, 1.82) is 0 Å². The van der Waals surface area contributed by atoms with Gasteiger partial charge in [0, 0.05) is 0 Å². The first-order valence-corrected chi connectivity index (χ1v) is 6.74. The molecule has 0 spiro atoms. The summed E-state index contributed by atoms with van der Waals surface area (Å²) in [7, 11) is 0.217. The van der Waals surface area contributed by atoms with Gasteiger partial charge in [0.1, 0.15) is 0 Å². The van der Waals surface area contributed by atoms with Gasteiger partial charge in [-0.1, -0.05) is 67.6 Å². The summed E-state index contributed by atoms with van der Waals surface area (Å²) in [6, 6.07) is 21.0. The maximum absolute atomic E-state index is 8.29. The Balaban J connectivity index is 0.000000224. The molecular formula is C16H22BNO. The molecule has 2 aromatic carbocycles. The summed E-state index contributed by atoms with van der Waals surface area (Å²) in [5.74, 6) is 0. The zero-order chi connectivity index (χ0) is 13.9. The van der Waals surface area contributed by atoms with Gasteiger partial charge in [0.25, 0.3) is 7.48 Å². The van der Waals surface area contributed by atoms with Crippen LogP contribution in [-0.4, -0.2) is 18.5 Å². The second-order valence-corrected chi connectivity index (χ2v) is 4.41. The number of rotatable bonds is 4. The second-order valence-electron chi connectivity index (χ2n) is 4.41. The molecule has 19 heavy (non-hydrogen) atoms. The molecule has 3 heteroatoms. The van der Waals surface area contributed by atoms with Gasteiger partial charge >= 0.3 is 0 Å². The molecule has 0 aromatic heterocycles. The van der Waals surface area contributed by atoms with Crippen LogP contribution in [0.4, 0.5) is 0 Å². The minimum absolute atomic E-state index is 0.199. The summed E-state index contributed by atoms with van der Waals surface area (Å²) in [6.45, 7) is 2.01. The lowest BCUT2D eigenvalue weighted by molar-refractivity contribution is 0.580. The molecular weight excluding hydrogens is 233 g/mol. The standard InChI is InChI=1S/C12H10.C4H12BNO/c1-3-7-11(8-4-1)12-9-5-2-6-10-12;1-2-4(6)3-5-7/h1-10H;4-5,7H,2-3,6H2,1H3. The van der Waals surface area contributed by atoms with E-state index in [0.29, 0.717) is 0 Å². The van der Waals surface area contributed by atoms with Gasteiger partial charge in [-0.05, 0) is 29.9 Å². The molecule has 0 fully saturated rings. The van der Waals surface area contributed by atoms with Crippen molar-refractivity contribution >= 4 is 7.48 Å². The van der Waals surface area contributed by atoms with E-state index < -0.39 is 0 Å². The first-order valence-electron chi connectivity index (χ1n) is 6.74. The van der Waals surface area contributed by atoms with Crippen LogP contribution in [-0.2, 0) is 0 Å². The van der Waals surface area contributed by atoms with Crippen LogP contribution < -0.4 is 5.73 Å². The highest BCUT2D eigenvalue weighted by atomic mass is 16.2. The average molecular weight is 255 g/mol. The minimum Gasteiger partial charge on any atom is -0.454 e. The third-order valence-electron chi connectivity index (χ3n) is 2.91. The van der Waals surface area contributed by atoms with Gasteiger partial charge in [-0.3, -0.25) is 0 Å². The van der Waals surface area contributed by atoms with Crippen molar-refractivity contribution < 1.29 is 5.02 Å². The van der Waals surface area contributed by atoms with Crippen molar-refractivity contribution in [2.75, 3.05) is 0 Å². The predicted octanol–water partition coefficient (Wildman–Crippen LogP) is 2.84. The van der Waals surface area contributed by atoms with Gasteiger partial charge < -0.3 is 10.8 Å². The van der Waals surface area contributed by atoms with Gasteiger partial charge in [0.15, 0.2) is 0 Å². The van der Waals surface area contributed by atoms with Crippen molar-refractivity contribution in [3.8, 4) is 11.1 Å². The van der Waals surface area contributed by atoms with Gasteiger partial charge in [0.05, 0.1) is 0 Å². The second kappa shape index (κ2) is 9.37. The van der Waals surface area contributed by atoms with E-state index in [9.17, 15) is 0 Å². The molecule has 2 aromatic rings. The molecule has 2 nitrogen and oxygen atoms in total. The summed E-state index contributed by atoms with van der Waals surface area (Å²) >= 11 is 0. The summed E-state index contributed by atoms with van der Waals surface area (Å²) in [6.07, 6.45) is 1.69. The maximum Gasteiger partial charge on any atom is 0.272 e. The Hall–Kier alpha value is -1.58. The van der Waals surface area contributed by atoms with Crippen LogP contribution in [0.25, 0.3) is 11.1 Å². The van der Waals surface area contributed by atoms with E-state index in [1.165, 1.54) is 11.1 Å². The van der Waals surface area contributed by atoms with Crippen molar-refractivity contribution in [2.24, 2.45) is 5.73 Å². The van der Waals surface area contributed by atoms with Crippen LogP contribution >= 0.6 is 0 Å². The highest BCUT2D eigenvalue weighted by Crippen LogP contribution is 2.17. The zero-order valence-corrected chi connectivity index (χ0v) is 11.5. The molecule has 1 atom stereocenters. The van der Waals surface area contributed by atoms with Crippen LogP contribution in [0.3, 0.4) is 0 Å².